The Labute approximate surface area is 179 Å². The van der Waals surface area contributed by atoms with Crippen molar-refractivity contribution in [2.24, 2.45) is 0 Å². The highest BCUT2D eigenvalue weighted by atomic mass is 28.2. The van der Waals surface area contributed by atoms with Gasteiger partial charge in [-0.25, -0.2) is 4.79 Å². The quantitative estimate of drug-likeness (QED) is 0.626. The third kappa shape index (κ3) is 7.76. The molecule has 164 valence electrons. The minimum Gasteiger partial charge on any atom is -0.444 e. The van der Waals surface area contributed by atoms with Gasteiger partial charge >= 0.3 is 6.09 Å². The molecule has 29 heavy (non-hydrogen) atoms. The first-order valence-electron chi connectivity index (χ1n) is 10.6. The molecule has 0 N–H and O–H groups in total. The van der Waals surface area contributed by atoms with Crippen molar-refractivity contribution in [1.82, 2.24) is 4.90 Å². The van der Waals surface area contributed by atoms with Gasteiger partial charge in [-0.05, 0) is 51.6 Å². The van der Waals surface area contributed by atoms with E-state index >= 15 is 0 Å². The molecule has 1 aromatic rings. The van der Waals surface area contributed by atoms with E-state index in [1.165, 1.54) is 0 Å². The molecular weight excluding hydrogens is 382 g/mol. The van der Waals surface area contributed by atoms with Crippen LogP contribution in [0.2, 0.25) is 5.04 Å². The fourth-order valence-electron chi connectivity index (χ4n) is 3.39. The Morgan fingerprint density at radius 3 is 2.24 bits per heavy atom. The summed E-state index contributed by atoms with van der Waals surface area (Å²) >= 11 is 0. The Hall–Kier alpha value is -1.37. The molecule has 0 aromatic heterocycles. The SMILES string of the molecule is CC(C)(C)OC(=O)N1CC(OCc2ccccc2)CC1C(C)(C)O[SiH2]C(C)(C)C. The Bertz CT molecular complexity index is 664. The zero-order valence-electron chi connectivity index (χ0n) is 19.5. The fraction of sp³-hybridized carbons (Fsp3) is 0.696. The van der Waals surface area contributed by atoms with Crippen LogP contribution in [0.4, 0.5) is 4.79 Å². The molecule has 0 bridgehead atoms. The molecule has 6 heteroatoms. The number of carbonyl (C=O) groups excluding carboxylic acids is 1. The number of carbonyl (C=O) groups is 1. The molecule has 1 saturated heterocycles. The van der Waals surface area contributed by atoms with Crippen molar-refractivity contribution in [1.29, 1.82) is 0 Å². The lowest BCUT2D eigenvalue weighted by molar-refractivity contribution is -0.0131. The first kappa shape index (κ1) is 23.9. The van der Waals surface area contributed by atoms with Gasteiger partial charge in [0.25, 0.3) is 0 Å². The molecule has 1 aliphatic heterocycles. The molecule has 1 aromatic carbocycles. The largest absolute Gasteiger partial charge is 0.444 e. The molecule has 2 rings (SSSR count). The number of ether oxygens (including phenoxy) is 2. The summed E-state index contributed by atoms with van der Waals surface area (Å²) in [6, 6.07) is 10.1. The van der Waals surface area contributed by atoms with E-state index in [2.05, 4.69) is 46.8 Å². The Kier molecular flexibility index (Phi) is 7.57. The second-order valence-electron chi connectivity index (χ2n) is 10.8. The first-order chi connectivity index (χ1) is 13.3. The van der Waals surface area contributed by atoms with Crippen LogP contribution in [0.3, 0.4) is 0 Å². The van der Waals surface area contributed by atoms with Crippen molar-refractivity contribution in [3.05, 3.63) is 35.9 Å². The van der Waals surface area contributed by atoms with Crippen molar-refractivity contribution in [2.45, 2.75) is 96.8 Å². The van der Waals surface area contributed by atoms with Gasteiger partial charge in [0.1, 0.15) is 5.60 Å². The van der Waals surface area contributed by atoms with Gasteiger partial charge in [0.15, 0.2) is 9.76 Å². The van der Waals surface area contributed by atoms with Crippen LogP contribution >= 0.6 is 0 Å². The van der Waals surface area contributed by atoms with E-state index in [1.54, 1.807) is 0 Å². The average Bonchev–Trinajstić information content (AvgIpc) is 3.03. The number of hydrogen-bond donors (Lipinski definition) is 0. The second-order valence-corrected chi connectivity index (χ2v) is 13.5. The van der Waals surface area contributed by atoms with E-state index < -0.39 is 21.0 Å². The Balaban J connectivity index is 2.11. The fourth-order valence-corrected chi connectivity index (χ4v) is 4.38. The number of rotatable bonds is 6. The molecule has 1 fully saturated rings. The molecule has 0 spiro atoms. The number of benzene rings is 1. The molecule has 5 nitrogen and oxygen atoms in total. The maximum atomic E-state index is 12.9. The van der Waals surface area contributed by atoms with Gasteiger partial charge in [0.2, 0.25) is 0 Å². The minimum absolute atomic E-state index is 0.0353. The lowest BCUT2D eigenvalue weighted by Gasteiger charge is -2.39. The third-order valence-electron chi connectivity index (χ3n) is 4.90. The van der Waals surface area contributed by atoms with Gasteiger partial charge in [-0.3, -0.25) is 4.90 Å². The van der Waals surface area contributed by atoms with Crippen molar-refractivity contribution < 1.29 is 18.7 Å². The van der Waals surface area contributed by atoms with E-state index in [0.717, 1.165) is 12.0 Å². The summed E-state index contributed by atoms with van der Waals surface area (Å²) in [6.07, 6.45) is 0.423. The maximum Gasteiger partial charge on any atom is 0.410 e. The first-order valence-corrected chi connectivity index (χ1v) is 11.8. The van der Waals surface area contributed by atoms with Gasteiger partial charge in [0.05, 0.1) is 30.9 Å². The summed E-state index contributed by atoms with van der Waals surface area (Å²) in [5.74, 6) is 0. The van der Waals surface area contributed by atoms with Crippen LogP contribution in [-0.4, -0.2) is 50.6 Å². The van der Waals surface area contributed by atoms with Crippen molar-refractivity contribution in [3.8, 4) is 0 Å². The number of likely N-dealkylation sites (tertiary alicyclic amines) is 1. The molecule has 1 amide bonds. The summed E-state index contributed by atoms with van der Waals surface area (Å²) in [5, 5.41) is 0.190. The van der Waals surface area contributed by atoms with Gasteiger partial charge in [-0.15, -0.1) is 0 Å². The van der Waals surface area contributed by atoms with Crippen LogP contribution in [0, 0.1) is 0 Å². The third-order valence-corrected chi connectivity index (χ3v) is 6.65. The predicted octanol–water partition coefficient (Wildman–Crippen LogP) is 4.68. The number of hydrogen-bond acceptors (Lipinski definition) is 4. The van der Waals surface area contributed by atoms with Crippen molar-refractivity contribution in [3.63, 3.8) is 0 Å². The maximum absolute atomic E-state index is 12.9. The zero-order valence-corrected chi connectivity index (χ0v) is 20.9. The van der Waals surface area contributed by atoms with Gasteiger partial charge in [0, 0.05) is 0 Å². The van der Waals surface area contributed by atoms with E-state index in [1.807, 2.05) is 43.9 Å². The van der Waals surface area contributed by atoms with E-state index in [4.69, 9.17) is 13.9 Å². The highest BCUT2D eigenvalue weighted by Gasteiger charge is 2.46. The lowest BCUT2D eigenvalue weighted by Crippen LogP contribution is -2.51. The van der Waals surface area contributed by atoms with Crippen LogP contribution in [0.1, 0.15) is 67.4 Å². The smallest absolute Gasteiger partial charge is 0.410 e. The van der Waals surface area contributed by atoms with Gasteiger partial charge < -0.3 is 13.9 Å². The topological polar surface area (TPSA) is 48.0 Å². The Morgan fingerprint density at radius 2 is 1.69 bits per heavy atom. The van der Waals surface area contributed by atoms with Crippen LogP contribution in [0.5, 0.6) is 0 Å². The molecule has 2 atom stereocenters. The molecule has 0 saturated carbocycles. The van der Waals surface area contributed by atoms with Crippen molar-refractivity contribution in [2.75, 3.05) is 6.54 Å². The zero-order chi connectivity index (χ0) is 21.9. The van der Waals surface area contributed by atoms with E-state index in [9.17, 15) is 4.79 Å². The predicted molar refractivity (Wildman–Crippen MR) is 120 cm³/mol. The minimum atomic E-state index is -0.759. The van der Waals surface area contributed by atoms with Crippen LogP contribution < -0.4 is 0 Å². The standard InChI is InChI=1S/C23H39NO4Si/c1-21(2,3)27-20(25)24-15-18(26-16-17-12-10-9-11-13-17)14-19(24)23(7,8)28-29-22(4,5)6/h9-13,18-19H,14-16,29H2,1-8H3. The highest BCUT2D eigenvalue weighted by Crippen LogP contribution is 2.34. The summed E-state index contributed by atoms with van der Waals surface area (Å²) < 4.78 is 18.3. The summed E-state index contributed by atoms with van der Waals surface area (Å²) in [4.78, 5) is 14.8. The van der Waals surface area contributed by atoms with Gasteiger partial charge in [-0.1, -0.05) is 51.1 Å². The number of nitrogens with zero attached hydrogens (tertiary/aromatic N) is 1. The van der Waals surface area contributed by atoms with Gasteiger partial charge in [-0.2, -0.15) is 0 Å². The van der Waals surface area contributed by atoms with E-state index in [0.29, 0.717) is 13.2 Å². The second kappa shape index (κ2) is 9.19. The van der Waals surface area contributed by atoms with Crippen LogP contribution in [0.25, 0.3) is 0 Å². The molecule has 1 heterocycles. The van der Waals surface area contributed by atoms with Crippen molar-refractivity contribution >= 4 is 15.9 Å². The lowest BCUT2D eigenvalue weighted by atomic mass is 9.96. The summed E-state index contributed by atoms with van der Waals surface area (Å²) in [7, 11) is -0.759. The molecule has 0 radical (unpaired) electrons. The van der Waals surface area contributed by atoms with Crippen LogP contribution in [-0.2, 0) is 20.5 Å². The Morgan fingerprint density at radius 1 is 1.07 bits per heavy atom. The summed E-state index contributed by atoms with van der Waals surface area (Å²) in [5.41, 5.74) is 0.159. The van der Waals surface area contributed by atoms with Crippen LogP contribution in [0.15, 0.2) is 30.3 Å². The summed E-state index contributed by atoms with van der Waals surface area (Å²) in [6.45, 7) is 17.6. The monoisotopic (exact) mass is 421 g/mol. The van der Waals surface area contributed by atoms with E-state index in [-0.39, 0.29) is 23.3 Å². The molecule has 2 unspecified atom stereocenters. The number of amides is 1. The molecule has 1 aliphatic rings. The highest BCUT2D eigenvalue weighted by molar-refractivity contribution is 6.31. The molecule has 0 aliphatic carbocycles. The molecular formula is C23H39NO4Si. The average molecular weight is 422 g/mol. The normalized spacial score (nSPS) is 21.2.